The molecule has 3 rings (SSSR count). The minimum absolute atomic E-state index is 0.564. The molecule has 0 radical (unpaired) electrons. The van der Waals surface area contributed by atoms with Gasteiger partial charge in [-0.05, 0) is 57.2 Å². The molecular weight excluding hydrogens is 260 g/mol. The summed E-state index contributed by atoms with van der Waals surface area (Å²) >= 11 is 0. The molecule has 0 aromatic carbocycles. The van der Waals surface area contributed by atoms with Gasteiger partial charge in [0.2, 0.25) is 0 Å². The molecule has 1 saturated heterocycles. The quantitative estimate of drug-likeness (QED) is 0.862. The highest BCUT2D eigenvalue weighted by atomic mass is 16.3. The maximum Gasteiger partial charge on any atom is 0.118 e. The van der Waals surface area contributed by atoms with Crippen LogP contribution in [0.1, 0.15) is 63.0 Å². The van der Waals surface area contributed by atoms with Gasteiger partial charge >= 0.3 is 0 Å². The first-order valence-corrected chi connectivity index (χ1v) is 8.62. The third-order valence-electron chi connectivity index (χ3n) is 5.53. The van der Waals surface area contributed by atoms with Crippen LogP contribution in [0.5, 0.6) is 0 Å². The first-order chi connectivity index (χ1) is 10.1. The number of likely N-dealkylation sites (tertiary alicyclic amines) is 1. The fraction of sp³-hybridized carbons (Fsp3) is 0.778. The second-order valence-electron chi connectivity index (χ2n) is 7.39. The predicted molar refractivity (Wildman–Crippen MR) is 86.2 cm³/mol. The van der Waals surface area contributed by atoms with Crippen molar-refractivity contribution in [1.82, 2.24) is 10.2 Å². The van der Waals surface area contributed by atoms with Crippen LogP contribution in [0.4, 0.5) is 0 Å². The lowest BCUT2D eigenvalue weighted by atomic mass is 9.78. The Hall–Kier alpha value is -0.800. The van der Waals surface area contributed by atoms with Crippen molar-refractivity contribution >= 4 is 0 Å². The van der Waals surface area contributed by atoms with E-state index in [9.17, 15) is 0 Å². The van der Waals surface area contributed by atoms with E-state index in [-0.39, 0.29) is 0 Å². The van der Waals surface area contributed by atoms with Crippen LogP contribution in [0.3, 0.4) is 0 Å². The summed E-state index contributed by atoms with van der Waals surface area (Å²) in [4.78, 5) is 2.55. The molecule has 1 aliphatic carbocycles. The highest BCUT2D eigenvalue weighted by Crippen LogP contribution is 2.34. The van der Waals surface area contributed by atoms with Crippen LogP contribution in [0.25, 0.3) is 0 Å². The molecule has 0 atom stereocenters. The zero-order chi connectivity index (χ0) is 14.9. The van der Waals surface area contributed by atoms with Gasteiger partial charge in [0.05, 0.1) is 6.54 Å². The summed E-state index contributed by atoms with van der Waals surface area (Å²) < 4.78 is 5.97. The largest absolute Gasteiger partial charge is 0.465 e. The third-order valence-corrected chi connectivity index (χ3v) is 5.53. The van der Waals surface area contributed by atoms with Crippen LogP contribution >= 0.6 is 0 Å². The van der Waals surface area contributed by atoms with Gasteiger partial charge < -0.3 is 9.73 Å². The fourth-order valence-electron chi connectivity index (χ4n) is 3.21. The van der Waals surface area contributed by atoms with Gasteiger partial charge in [0, 0.05) is 18.2 Å². The molecule has 1 aliphatic heterocycles. The van der Waals surface area contributed by atoms with Crippen molar-refractivity contribution in [2.45, 2.75) is 72.0 Å². The highest BCUT2D eigenvalue weighted by molar-refractivity contribution is 5.21. The summed E-state index contributed by atoms with van der Waals surface area (Å²) in [6, 6.07) is 3.02. The molecule has 1 N–H and O–H groups in total. The minimum atomic E-state index is 0.564. The van der Waals surface area contributed by atoms with Crippen LogP contribution in [-0.4, -0.2) is 24.0 Å². The average molecular weight is 290 g/mol. The Labute approximate surface area is 129 Å². The number of nitrogens with one attached hydrogen (secondary N) is 1. The summed E-state index contributed by atoms with van der Waals surface area (Å²) in [5.74, 6) is 2.23. The number of hydrogen-bond acceptors (Lipinski definition) is 3. The second-order valence-corrected chi connectivity index (χ2v) is 7.39. The van der Waals surface area contributed by atoms with E-state index in [1.165, 1.54) is 50.8 Å². The van der Waals surface area contributed by atoms with Gasteiger partial charge in [0.15, 0.2) is 0 Å². The topological polar surface area (TPSA) is 28.4 Å². The average Bonchev–Trinajstić information content (AvgIpc) is 3.24. The van der Waals surface area contributed by atoms with Crippen LogP contribution < -0.4 is 5.32 Å². The van der Waals surface area contributed by atoms with E-state index >= 15 is 0 Å². The van der Waals surface area contributed by atoms with Gasteiger partial charge in [0.1, 0.15) is 11.5 Å². The zero-order valence-corrected chi connectivity index (χ0v) is 13.9. The summed E-state index contributed by atoms with van der Waals surface area (Å²) in [6.45, 7) is 11.2. The second kappa shape index (κ2) is 6.13. The van der Waals surface area contributed by atoms with Crippen LogP contribution in [0, 0.1) is 12.3 Å². The minimum Gasteiger partial charge on any atom is -0.465 e. The fourth-order valence-corrected chi connectivity index (χ4v) is 3.21. The third kappa shape index (κ3) is 3.89. The monoisotopic (exact) mass is 290 g/mol. The molecule has 0 bridgehead atoms. The molecule has 2 fully saturated rings. The van der Waals surface area contributed by atoms with E-state index in [0.717, 1.165) is 30.7 Å². The Morgan fingerprint density at radius 1 is 1.33 bits per heavy atom. The molecule has 3 nitrogen and oxygen atoms in total. The normalized spacial score (nSPS) is 22.6. The van der Waals surface area contributed by atoms with Crippen LogP contribution in [0.2, 0.25) is 0 Å². The number of rotatable bonds is 6. The molecule has 3 heteroatoms. The van der Waals surface area contributed by atoms with Crippen molar-refractivity contribution in [2.24, 2.45) is 5.41 Å². The summed E-state index contributed by atoms with van der Waals surface area (Å²) in [5, 5.41) is 3.58. The lowest BCUT2D eigenvalue weighted by Gasteiger charge is -2.38. The standard InChI is InChI=1S/C18H30N2O/c1-4-18(3)7-9-20(10-8-18)13-17-11-15(14(2)21-17)12-19-16-5-6-16/h11,16,19H,4-10,12-13H2,1-3H3. The SMILES string of the molecule is CCC1(C)CCN(Cc2cc(CNC3CC3)c(C)o2)CC1. The molecule has 1 aromatic heterocycles. The van der Waals surface area contributed by atoms with E-state index in [4.69, 9.17) is 4.42 Å². The molecular formula is C18H30N2O. The van der Waals surface area contributed by atoms with Gasteiger partial charge in [-0.2, -0.15) is 0 Å². The van der Waals surface area contributed by atoms with Gasteiger partial charge in [-0.15, -0.1) is 0 Å². The smallest absolute Gasteiger partial charge is 0.118 e. The summed E-state index contributed by atoms with van der Waals surface area (Å²) in [6.07, 6.45) is 6.62. The van der Waals surface area contributed by atoms with Gasteiger partial charge in [-0.1, -0.05) is 20.3 Å². The molecule has 0 unspecified atom stereocenters. The molecule has 21 heavy (non-hydrogen) atoms. The maximum absolute atomic E-state index is 5.97. The molecule has 1 aromatic rings. The molecule has 0 amide bonds. The number of hydrogen-bond donors (Lipinski definition) is 1. The first kappa shape index (κ1) is 15.1. The van der Waals surface area contributed by atoms with Gasteiger partial charge in [-0.25, -0.2) is 0 Å². The van der Waals surface area contributed by atoms with Crippen molar-refractivity contribution in [3.63, 3.8) is 0 Å². The predicted octanol–water partition coefficient (Wildman–Crippen LogP) is 3.85. The molecule has 1 saturated carbocycles. The highest BCUT2D eigenvalue weighted by Gasteiger charge is 2.28. The summed E-state index contributed by atoms with van der Waals surface area (Å²) in [5.41, 5.74) is 1.90. The number of furan rings is 1. The Morgan fingerprint density at radius 2 is 2.05 bits per heavy atom. The van der Waals surface area contributed by atoms with Gasteiger partial charge in [-0.3, -0.25) is 4.90 Å². The first-order valence-electron chi connectivity index (χ1n) is 8.62. The Kier molecular flexibility index (Phi) is 4.41. The lowest BCUT2D eigenvalue weighted by Crippen LogP contribution is -2.37. The maximum atomic E-state index is 5.97. The van der Waals surface area contributed by atoms with Crippen molar-refractivity contribution < 1.29 is 4.42 Å². The molecule has 2 aliphatic rings. The Balaban J connectivity index is 1.52. The van der Waals surface area contributed by atoms with Crippen molar-refractivity contribution in [2.75, 3.05) is 13.1 Å². The van der Waals surface area contributed by atoms with E-state index in [1.54, 1.807) is 0 Å². The van der Waals surface area contributed by atoms with Crippen molar-refractivity contribution in [3.05, 3.63) is 23.2 Å². The zero-order valence-electron chi connectivity index (χ0n) is 13.9. The van der Waals surface area contributed by atoms with E-state index in [0.29, 0.717) is 5.41 Å². The van der Waals surface area contributed by atoms with Crippen molar-refractivity contribution in [3.8, 4) is 0 Å². The molecule has 0 spiro atoms. The molecule has 118 valence electrons. The van der Waals surface area contributed by atoms with Crippen molar-refractivity contribution in [1.29, 1.82) is 0 Å². The number of piperidine rings is 1. The summed E-state index contributed by atoms with van der Waals surface area (Å²) in [7, 11) is 0. The van der Waals surface area contributed by atoms with Gasteiger partial charge in [0.25, 0.3) is 0 Å². The number of aryl methyl sites for hydroxylation is 1. The van der Waals surface area contributed by atoms with E-state index in [2.05, 4.69) is 37.1 Å². The van der Waals surface area contributed by atoms with Crippen LogP contribution in [-0.2, 0) is 13.1 Å². The van der Waals surface area contributed by atoms with E-state index in [1.807, 2.05) is 0 Å². The Morgan fingerprint density at radius 3 is 2.67 bits per heavy atom. The Bertz CT molecular complexity index is 468. The van der Waals surface area contributed by atoms with E-state index < -0.39 is 0 Å². The molecule has 2 heterocycles. The lowest BCUT2D eigenvalue weighted by molar-refractivity contribution is 0.104. The van der Waals surface area contributed by atoms with Crippen LogP contribution in [0.15, 0.2) is 10.5 Å². The number of nitrogens with zero attached hydrogens (tertiary/aromatic N) is 1.